The molecule has 0 aliphatic rings. The third-order valence-electron chi connectivity index (χ3n) is 5.98. The molecule has 0 bridgehead atoms. The first-order valence-corrected chi connectivity index (χ1v) is 13.8. The summed E-state index contributed by atoms with van der Waals surface area (Å²) in [7, 11) is 0. The zero-order chi connectivity index (χ0) is 33.3. The van der Waals surface area contributed by atoms with Crippen molar-refractivity contribution in [3.63, 3.8) is 0 Å². The molecular formula is C26H8F12I2N2O3. The lowest BCUT2D eigenvalue weighted by molar-refractivity contribution is -0.144. The average molecular weight is 878 g/mol. The van der Waals surface area contributed by atoms with Gasteiger partial charge in [0.1, 0.15) is 11.4 Å². The van der Waals surface area contributed by atoms with E-state index >= 15 is 0 Å². The highest BCUT2D eigenvalue weighted by Crippen LogP contribution is 2.44. The Bertz CT molecular complexity index is 1700. The Morgan fingerprint density at radius 2 is 0.733 bits per heavy atom. The van der Waals surface area contributed by atoms with Crippen LogP contribution in [0.1, 0.15) is 22.3 Å². The second-order valence-corrected chi connectivity index (χ2v) is 10.9. The van der Waals surface area contributed by atoms with E-state index in [4.69, 9.17) is 13.3 Å². The van der Waals surface area contributed by atoms with Gasteiger partial charge in [-0.05, 0) is 48.5 Å². The molecule has 2 aromatic carbocycles. The van der Waals surface area contributed by atoms with Crippen LogP contribution in [0.3, 0.4) is 0 Å². The minimum atomic E-state index is -5.17. The Hall–Kier alpha value is -3.24. The fraction of sp³-hybridized carbons (Fsp3) is 0.154. The van der Waals surface area contributed by atoms with E-state index in [0.717, 1.165) is 12.1 Å². The summed E-state index contributed by atoms with van der Waals surface area (Å²) < 4.78 is 178. The number of benzene rings is 2. The average Bonchev–Trinajstić information content (AvgIpc) is 3.64. The summed E-state index contributed by atoms with van der Waals surface area (Å²) in [6.45, 7) is 0. The predicted octanol–water partition coefficient (Wildman–Crippen LogP) is 11.2. The minimum Gasteiger partial charge on any atom is -0.449 e. The third kappa shape index (κ3) is 6.97. The van der Waals surface area contributed by atoms with Crippen LogP contribution in [0.2, 0.25) is 0 Å². The number of hydrogen-bond acceptors (Lipinski definition) is 5. The van der Waals surface area contributed by atoms with Crippen molar-refractivity contribution < 1.29 is 65.9 Å². The Labute approximate surface area is 268 Å². The monoisotopic (exact) mass is 878 g/mol. The number of furan rings is 1. The van der Waals surface area contributed by atoms with Gasteiger partial charge < -0.3 is 13.3 Å². The number of halogens is 14. The van der Waals surface area contributed by atoms with Crippen molar-refractivity contribution in [3.05, 3.63) is 78.6 Å². The van der Waals surface area contributed by atoms with Crippen LogP contribution in [0.15, 0.2) is 61.8 Å². The van der Waals surface area contributed by atoms with Crippen LogP contribution in [-0.2, 0) is 24.7 Å². The molecule has 45 heavy (non-hydrogen) atoms. The van der Waals surface area contributed by atoms with E-state index in [2.05, 4.69) is 9.97 Å². The van der Waals surface area contributed by atoms with Crippen LogP contribution in [-0.4, -0.2) is 9.97 Å². The van der Waals surface area contributed by atoms with E-state index in [1.807, 2.05) is 0 Å². The number of oxazole rings is 2. The molecule has 0 radical (unpaired) electrons. The summed E-state index contributed by atoms with van der Waals surface area (Å²) in [6.07, 6.45) is -20.7. The molecule has 0 amide bonds. The van der Waals surface area contributed by atoms with Crippen LogP contribution in [0.25, 0.3) is 45.6 Å². The van der Waals surface area contributed by atoms with Gasteiger partial charge >= 0.3 is 24.7 Å². The van der Waals surface area contributed by atoms with Gasteiger partial charge in [0.15, 0.2) is 23.0 Å². The molecule has 0 unspecified atom stereocenters. The van der Waals surface area contributed by atoms with Crippen LogP contribution in [0.4, 0.5) is 52.7 Å². The maximum absolute atomic E-state index is 13.5. The number of nitrogens with zero attached hydrogens (tertiary/aromatic N) is 2. The van der Waals surface area contributed by atoms with Crippen molar-refractivity contribution in [3.8, 4) is 45.6 Å². The lowest BCUT2D eigenvalue weighted by Gasteiger charge is -2.13. The highest BCUT2D eigenvalue weighted by atomic mass is 127. The summed E-state index contributed by atoms with van der Waals surface area (Å²) >= 11 is 3.01. The van der Waals surface area contributed by atoms with Gasteiger partial charge in [0.2, 0.25) is 0 Å². The molecule has 3 aromatic heterocycles. The van der Waals surface area contributed by atoms with Crippen molar-refractivity contribution in [2.75, 3.05) is 0 Å². The number of hydrogen-bond donors (Lipinski definition) is 0. The van der Waals surface area contributed by atoms with Gasteiger partial charge in [-0.25, -0.2) is 9.97 Å². The Morgan fingerprint density at radius 3 is 1.00 bits per heavy atom. The summed E-state index contributed by atoms with van der Waals surface area (Å²) in [5.74, 6) is -1.54. The molecule has 0 spiro atoms. The van der Waals surface area contributed by atoms with Gasteiger partial charge in [0.25, 0.3) is 7.79 Å². The lowest BCUT2D eigenvalue weighted by atomic mass is 10.0. The minimum absolute atomic E-state index is 0.0791. The van der Waals surface area contributed by atoms with Crippen LogP contribution >= 0.6 is 45.2 Å². The SMILES string of the molecule is FC(F)(F)c1cc(-c2nc(I)oc2-c2ccc(-c3oc(I)nc3-c3cc(C(F)(F)F)cc(C(F)(F)F)c3)o2)cc(C(F)(F)F)c1. The fourth-order valence-corrected chi connectivity index (χ4v) is 5.00. The highest BCUT2D eigenvalue weighted by molar-refractivity contribution is 14.1. The maximum Gasteiger partial charge on any atom is 0.416 e. The Balaban J connectivity index is 1.64. The van der Waals surface area contributed by atoms with E-state index in [9.17, 15) is 52.7 Å². The van der Waals surface area contributed by atoms with Gasteiger partial charge in [-0.3, -0.25) is 0 Å². The number of alkyl halides is 12. The fourth-order valence-electron chi connectivity index (χ4n) is 4.08. The molecule has 0 atom stereocenters. The van der Waals surface area contributed by atoms with E-state index in [0.29, 0.717) is 24.3 Å². The van der Waals surface area contributed by atoms with Crippen molar-refractivity contribution in [2.45, 2.75) is 24.7 Å². The maximum atomic E-state index is 13.5. The van der Waals surface area contributed by atoms with Gasteiger partial charge in [-0.2, -0.15) is 52.7 Å². The standard InChI is InChI=1S/C26H8F12I2N2O3/c27-23(28,29)11-3-9(4-12(7-11)24(30,31)32)17-19(44-21(39)41-17)15-1-2-16(43-15)20-18(42-22(40)45-20)10-5-13(25(33,34)35)8-14(6-10)26(36,37)38/h1-8H. The number of rotatable bonds is 4. The first-order valence-electron chi connectivity index (χ1n) is 11.6. The van der Waals surface area contributed by atoms with E-state index < -0.39 is 81.0 Å². The normalized spacial score (nSPS) is 13.1. The van der Waals surface area contributed by atoms with E-state index in [1.54, 1.807) is 0 Å². The molecule has 5 aromatic rings. The highest BCUT2D eigenvalue weighted by Gasteiger charge is 2.39. The second-order valence-electron chi connectivity index (χ2n) is 9.04. The molecule has 5 rings (SSSR count). The zero-order valence-corrected chi connectivity index (χ0v) is 25.3. The molecular weight excluding hydrogens is 870 g/mol. The Kier molecular flexibility index (Phi) is 8.27. The first-order chi connectivity index (χ1) is 20.6. The van der Waals surface area contributed by atoms with Crippen molar-refractivity contribution in [1.29, 1.82) is 0 Å². The molecule has 3 heterocycles. The lowest BCUT2D eigenvalue weighted by Crippen LogP contribution is -2.11. The second kappa shape index (κ2) is 11.2. The van der Waals surface area contributed by atoms with Crippen molar-refractivity contribution >= 4 is 45.2 Å². The quantitative estimate of drug-likeness (QED) is 0.133. The van der Waals surface area contributed by atoms with Crippen molar-refractivity contribution in [2.24, 2.45) is 0 Å². The topological polar surface area (TPSA) is 65.2 Å². The van der Waals surface area contributed by atoms with Gasteiger partial charge in [0, 0.05) is 56.3 Å². The summed E-state index contributed by atoms with van der Waals surface area (Å²) in [4.78, 5) is 7.79. The Morgan fingerprint density at radius 1 is 0.444 bits per heavy atom. The molecule has 0 saturated heterocycles. The van der Waals surface area contributed by atoms with Crippen LogP contribution in [0, 0.1) is 7.79 Å². The number of aromatic nitrogens is 2. The molecule has 19 heteroatoms. The molecule has 0 aliphatic carbocycles. The molecule has 0 saturated carbocycles. The smallest absolute Gasteiger partial charge is 0.416 e. The summed E-state index contributed by atoms with van der Waals surface area (Å²) in [5, 5.41) is 0. The first kappa shape index (κ1) is 33.1. The third-order valence-corrected chi connectivity index (χ3v) is 6.90. The van der Waals surface area contributed by atoms with Gasteiger partial charge in [-0.1, -0.05) is 0 Å². The van der Waals surface area contributed by atoms with Crippen molar-refractivity contribution in [1.82, 2.24) is 9.97 Å². The summed E-state index contributed by atoms with van der Waals surface area (Å²) in [5.41, 5.74) is -8.78. The molecule has 0 N–H and O–H groups in total. The van der Waals surface area contributed by atoms with Crippen LogP contribution < -0.4 is 0 Å². The van der Waals surface area contributed by atoms with E-state index in [-0.39, 0.29) is 31.4 Å². The molecule has 0 fully saturated rings. The largest absolute Gasteiger partial charge is 0.449 e. The molecule has 5 nitrogen and oxygen atoms in total. The predicted molar refractivity (Wildman–Crippen MR) is 146 cm³/mol. The van der Waals surface area contributed by atoms with Gasteiger partial charge in [-0.15, -0.1) is 0 Å². The molecule has 0 aliphatic heterocycles. The summed E-state index contributed by atoms with van der Waals surface area (Å²) in [6, 6.07) is 3.76. The molecule has 238 valence electrons. The van der Waals surface area contributed by atoms with E-state index in [1.165, 1.54) is 45.2 Å². The van der Waals surface area contributed by atoms with Crippen LogP contribution in [0.5, 0.6) is 0 Å². The zero-order valence-electron chi connectivity index (χ0n) is 21.0. The van der Waals surface area contributed by atoms with Gasteiger partial charge in [0.05, 0.1) is 22.3 Å².